The Morgan fingerprint density at radius 2 is 2.12 bits per heavy atom. The lowest BCUT2D eigenvalue weighted by atomic mass is 10.0. The van der Waals surface area contributed by atoms with Gasteiger partial charge < -0.3 is 0 Å². The highest BCUT2D eigenvalue weighted by molar-refractivity contribution is 9.10. The minimum Gasteiger partial charge on any atom is -0.294 e. The lowest BCUT2D eigenvalue weighted by Gasteiger charge is -2.04. The highest BCUT2D eigenvalue weighted by Crippen LogP contribution is 2.19. The van der Waals surface area contributed by atoms with Crippen LogP contribution in [0.4, 0.5) is 0 Å². The van der Waals surface area contributed by atoms with Crippen molar-refractivity contribution in [3.8, 4) is 0 Å². The second-order valence-electron chi connectivity index (χ2n) is 3.90. The number of rotatable bonds is 3. The van der Waals surface area contributed by atoms with Crippen molar-refractivity contribution in [2.75, 3.05) is 0 Å². The molecule has 0 aliphatic heterocycles. The molecule has 0 saturated carbocycles. The van der Waals surface area contributed by atoms with E-state index < -0.39 is 0 Å². The summed E-state index contributed by atoms with van der Waals surface area (Å²) in [5.74, 6) is 0.0792. The van der Waals surface area contributed by atoms with Crippen LogP contribution in [0.15, 0.2) is 47.1 Å². The minimum absolute atomic E-state index is 0.0792. The molecule has 0 radical (unpaired) electrons. The van der Waals surface area contributed by atoms with Gasteiger partial charge in [-0.2, -0.15) is 0 Å². The maximum atomic E-state index is 12.1. The van der Waals surface area contributed by atoms with E-state index >= 15 is 0 Å². The van der Waals surface area contributed by atoms with E-state index in [1.807, 2.05) is 43.3 Å². The van der Waals surface area contributed by atoms with Gasteiger partial charge in [-0.3, -0.25) is 9.78 Å². The van der Waals surface area contributed by atoms with E-state index in [1.54, 1.807) is 6.20 Å². The highest BCUT2D eigenvalue weighted by Gasteiger charge is 2.11. The van der Waals surface area contributed by atoms with Crippen LogP contribution in [0.25, 0.3) is 0 Å². The monoisotopic (exact) mass is 289 g/mol. The summed E-state index contributed by atoms with van der Waals surface area (Å²) in [6.45, 7) is 2.00. The molecule has 2 aromatic rings. The predicted octanol–water partition coefficient (Wildman–Crippen LogP) is 3.58. The van der Waals surface area contributed by atoms with Gasteiger partial charge in [0.25, 0.3) is 0 Å². The van der Waals surface area contributed by atoms with Gasteiger partial charge in [0.1, 0.15) is 0 Å². The molecule has 2 nitrogen and oxygen atoms in total. The Kier molecular flexibility index (Phi) is 3.69. The molecule has 17 heavy (non-hydrogen) atoms. The van der Waals surface area contributed by atoms with E-state index in [2.05, 4.69) is 20.9 Å². The van der Waals surface area contributed by atoms with Gasteiger partial charge in [0.2, 0.25) is 0 Å². The van der Waals surface area contributed by atoms with E-state index in [-0.39, 0.29) is 5.78 Å². The van der Waals surface area contributed by atoms with Crippen molar-refractivity contribution in [2.45, 2.75) is 13.3 Å². The molecule has 1 heterocycles. The van der Waals surface area contributed by atoms with Gasteiger partial charge in [-0.25, -0.2) is 0 Å². The van der Waals surface area contributed by atoms with Gasteiger partial charge in [0, 0.05) is 21.9 Å². The first-order chi connectivity index (χ1) is 8.16. The zero-order valence-corrected chi connectivity index (χ0v) is 11.1. The zero-order valence-electron chi connectivity index (χ0n) is 9.48. The van der Waals surface area contributed by atoms with E-state index in [4.69, 9.17) is 0 Å². The fourth-order valence-electron chi connectivity index (χ4n) is 1.61. The molecular weight excluding hydrogens is 278 g/mol. The molecule has 0 atom stereocenters. The second-order valence-corrected chi connectivity index (χ2v) is 4.76. The summed E-state index contributed by atoms with van der Waals surface area (Å²) in [4.78, 5) is 16.2. The van der Waals surface area contributed by atoms with Gasteiger partial charge in [0.05, 0.1) is 6.42 Å². The Hall–Kier alpha value is -1.48. The number of pyridine rings is 1. The van der Waals surface area contributed by atoms with Gasteiger partial charge >= 0.3 is 0 Å². The lowest BCUT2D eigenvalue weighted by Crippen LogP contribution is -2.05. The van der Waals surface area contributed by atoms with E-state index in [0.717, 1.165) is 15.7 Å². The number of hydrogen-bond acceptors (Lipinski definition) is 2. The van der Waals surface area contributed by atoms with Crippen LogP contribution in [0.2, 0.25) is 0 Å². The standard InChI is InChI=1S/C14H12BrNO/c1-10-5-6-12(13(15)8-10)14(17)9-11-4-2-3-7-16-11/h2-8H,9H2,1H3. The van der Waals surface area contributed by atoms with E-state index in [0.29, 0.717) is 12.0 Å². The highest BCUT2D eigenvalue weighted by atomic mass is 79.9. The predicted molar refractivity (Wildman–Crippen MR) is 71.2 cm³/mol. The molecule has 0 bridgehead atoms. The molecule has 3 heteroatoms. The molecule has 1 aromatic carbocycles. The lowest BCUT2D eigenvalue weighted by molar-refractivity contribution is 0.0991. The number of benzene rings is 1. The molecule has 0 fully saturated rings. The van der Waals surface area contributed by atoms with Crippen LogP contribution in [-0.4, -0.2) is 10.8 Å². The fraction of sp³-hybridized carbons (Fsp3) is 0.143. The molecule has 86 valence electrons. The molecule has 0 unspecified atom stereocenters. The summed E-state index contributed by atoms with van der Waals surface area (Å²) in [7, 11) is 0. The summed E-state index contributed by atoms with van der Waals surface area (Å²) < 4.78 is 0.846. The van der Waals surface area contributed by atoms with Crippen molar-refractivity contribution in [3.63, 3.8) is 0 Å². The summed E-state index contributed by atoms with van der Waals surface area (Å²) in [6, 6.07) is 11.3. The minimum atomic E-state index is 0.0792. The third kappa shape index (κ3) is 3.01. The number of carbonyl (C=O) groups is 1. The molecule has 0 amide bonds. The third-order valence-electron chi connectivity index (χ3n) is 2.49. The van der Waals surface area contributed by atoms with Gasteiger partial charge in [-0.05, 0) is 36.8 Å². The summed E-state index contributed by atoms with van der Waals surface area (Å²) in [5.41, 5.74) is 2.64. The second kappa shape index (κ2) is 5.23. The Bertz CT molecular complexity index is 537. The summed E-state index contributed by atoms with van der Waals surface area (Å²) in [5, 5.41) is 0. The SMILES string of the molecule is Cc1ccc(C(=O)Cc2ccccn2)c(Br)c1. The van der Waals surface area contributed by atoms with Gasteiger partial charge in [0.15, 0.2) is 5.78 Å². The number of hydrogen-bond donors (Lipinski definition) is 0. The quantitative estimate of drug-likeness (QED) is 0.809. The average molecular weight is 290 g/mol. The van der Waals surface area contributed by atoms with Crippen molar-refractivity contribution in [1.29, 1.82) is 0 Å². The van der Waals surface area contributed by atoms with E-state index in [9.17, 15) is 4.79 Å². The normalized spacial score (nSPS) is 10.2. The van der Waals surface area contributed by atoms with Crippen molar-refractivity contribution >= 4 is 21.7 Å². The van der Waals surface area contributed by atoms with Crippen LogP contribution in [0, 0.1) is 6.92 Å². The molecule has 1 aromatic heterocycles. The van der Waals surface area contributed by atoms with Crippen LogP contribution >= 0.6 is 15.9 Å². The molecule has 0 N–H and O–H groups in total. The first-order valence-corrected chi connectivity index (χ1v) is 6.15. The third-order valence-corrected chi connectivity index (χ3v) is 3.15. The number of aromatic nitrogens is 1. The Morgan fingerprint density at radius 3 is 2.76 bits per heavy atom. The summed E-state index contributed by atoms with van der Waals surface area (Å²) >= 11 is 3.42. The number of ketones is 1. The number of aryl methyl sites for hydroxylation is 1. The summed E-state index contributed by atoms with van der Waals surface area (Å²) in [6.07, 6.45) is 2.04. The maximum absolute atomic E-state index is 12.1. The Morgan fingerprint density at radius 1 is 1.29 bits per heavy atom. The number of Topliss-reactive ketones (excluding diaryl/α,β-unsaturated/α-hetero) is 1. The smallest absolute Gasteiger partial charge is 0.169 e. The van der Waals surface area contributed by atoms with Gasteiger partial charge in [-0.15, -0.1) is 0 Å². The van der Waals surface area contributed by atoms with Crippen LogP contribution in [0.1, 0.15) is 21.6 Å². The number of carbonyl (C=O) groups excluding carboxylic acids is 1. The fourth-order valence-corrected chi connectivity index (χ4v) is 2.32. The first kappa shape index (κ1) is 12.0. The Balaban J connectivity index is 2.21. The van der Waals surface area contributed by atoms with Crippen LogP contribution in [-0.2, 0) is 6.42 Å². The molecule has 2 rings (SSSR count). The van der Waals surface area contributed by atoms with Crippen LogP contribution in [0.5, 0.6) is 0 Å². The topological polar surface area (TPSA) is 30.0 Å². The molecular formula is C14H12BrNO. The zero-order chi connectivity index (χ0) is 12.3. The molecule has 0 saturated heterocycles. The largest absolute Gasteiger partial charge is 0.294 e. The van der Waals surface area contributed by atoms with Crippen molar-refractivity contribution in [2.24, 2.45) is 0 Å². The van der Waals surface area contributed by atoms with Crippen LogP contribution < -0.4 is 0 Å². The van der Waals surface area contributed by atoms with Crippen molar-refractivity contribution < 1.29 is 4.79 Å². The Labute approximate surface area is 109 Å². The van der Waals surface area contributed by atoms with E-state index in [1.165, 1.54) is 0 Å². The molecule has 0 aliphatic carbocycles. The number of nitrogens with zero attached hydrogens (tertiary/aromatic N) is 1. The molecule has 0 spiro atoms. The maximum Gasteiger partial charge on any atom is 0.169 e. The number of halogens is 1. The van der Waals surface area contributed by atoms with Gasteiger partial charge in [-0.1, -0.05) is 28.1 Å². The van der Waals surface area contributed by atoms with Crippen molar-refractivity contribution in [1.82, 2.24) is 4.98 Å². The molecule has 0 aliphatic rings. The first-order valence-electron chi connectivity index (χ1n) is 5.36. The van der Waals surface area contributed by atoms with Crippen molar-refractivity contribution in [3.05, 3.63) is 63.9 Å². The average Bonchev–Trinajstić information content (AvgIpc) is 2.30. The van der Waals surface area contributed by atoms with Crippen LogP contribution in [0.3, 0.4) is 0 Å².